The molecule has 86 valence electrons. The quantitative estimate of drug-likeness (QED) is 0.757. The van der Waals surface area contributed by atoms with Crippen LogP contribution in [0.1, 0.15) is 27.7 Å². The molecule has 0 aliphatic carbocycles. The van der Waals surface area contributed by atoms with Gasteiger partial charge in [-0.2, -0.15) is 5.26 Å². The SMILES string of the molecule is CN[C@H](C(=O)N(C)C(C)C#N)C(C)(C)C. The molecular weight excluding hydrogens is 190 g/mol. The van der Waals surface area contributed by atoms with Gasteiger partial charge in [0.15, 0.2) is 0 Å². The Morgan fingerprint density at radius 3 is 2.20 bits per heavy atom. The highest BCUT2D eigenvalue weighted by molar-refractivity contribution is 5.83. The Balaban J connectivity index is 4.76. The van der Waals surface area contributed by atoms with Crippen molar-refractivity contribution in [1.29, 1.82) is 5.26 Å². The van der Waals surface area contributed by atoms with Crippen LogP contribution in [0.5, 0.6) is 0 Å². The summed E-state index contributed by atoms with van der Waals surface area (Å²) in [6.45, 7) is 7.71. The second-order valence-corrected chi connectivity index (χ2v) is 4.84. The maximum Gasteiger partial charge on any atom is 0.241 e. The summed E-state index contributed by atoms with van der Waals surface area (Å²) in [7, 11) is 3.42. The molecule has 1 unspecified atom stereocenters. The topological polar surface area (TPSA) is 56.1 Å². The third-order valence-corrected chi connectivity index (χ3v) is 2.52. The van der Waals surface area contributed by atoms with Gasteiger partial charge in [0.1, 0.15) is 6.04 Å². The Bertz CT molecular complexity index is 262. The first kappa shape index (κ1) is 13.9. The van der Waals surface area contributed by atoms with Crippen LogP contribution >= 0.6 is 0 Å². The molecule has 1 amide bonds. The molecule has 0 aromatic heterocycles. The van der Waals surface area contributed by atoms with Crippen molar-refractivity contribution in [3.05, 3.63) is 0 Å². The van der Waals surface area contributed by atoms with Gasteiger partial charge in [-0.15, -0.1) is 0 Å². The predicted octanol–water partition coefficient (Wildman–Crippen LogP) is 0.991. The van der Waals surface area contributed by atoms with Gasteiger partial charge >= 0.3 is 0 Å². The van der Waals surface area contributed by atoms with Gasteiger partial charge in [0.25, 0.3) is 0 Å². The van der Waals surface area contributed by atoms with E-state index < -0.39 is 6.04 Å². The molecule has 15 heavy (non-hydrogen) atoms. The zero-order chi connectivity index (χ0) is 12.2. The predicted molar refractivity (Wildman–Crippen MR) is 60.1 cm³/mol. The van der Waals surface area contributed by atoms with Crippen molar-refractivity contribution in [3.8, 4) is 6.07 Å². The van der Waals surface area contributed by atoms with Gasteiger partial charge in [-0.1, -0.05) is 20.8 Å². The third-order valence-electron chi connectivity index (χ3n) is 2.52. The third kappa shape index (κ3) is 3.52. The van der Waals surface area contributed by atoms with Crippen LogP contribution in [-0.4, -0.2) is 37.0 Å². The molecule has 0 aromatic carbocycles. The fourth-order valence-electron chi connectivity index (χ4n) is 1.41. The first-order chi connectivity index (χ1) is 6.75. The molecule has 2 atom stereocenters. The molecule has 0 aromatic rings. The Kier molecular flexibility index (Phi) is 4.76. The number of amides is 1. The summed E-state index contributed by atoms with van der Waals surface area (Å²) < 4.78 is 0. The van der Waals surface area contributed by atoms with E-state index in [1.54, 1.807) is 21.0 Å². The van der Waals surface area contributed by atoms with E-state index in [0.29, 0.717) is 0 Å². The minimum absolute atomic E-state index is 0.0425. The van der Waals surface area contributed by atoms with Crippen molar-refractivity contribution in [2.75, 3.05) is 14.1 Å². The van der Waals surface area contributed by atoms with Crippen LogP contribution in [0.25, 0.3) is 0 Å². The van der Waals surface area contributed by atoms with Crippen molar-refractivity contribution < 1.29 is 4.79 Å². The van der Waals surface area contributed by atoms with E-state index in [2.05, 4.69) is 11.4 Å². The minimum atomic E-state index is -0.393. The summed E-state index contributed by atoms with van der Waals surface area (Å²) in [6.07, 6.45) is 0. The zero-order valence-electron chi connectivity index (χ0n) is 10.5. The van der Waals surface area contributed by atoms with Crippen LogP contribution in [0, 0.1) is 16.7 Å². The molecule has 0 heterocycles. The smallest absolute Gasteiger partial charge is 0.241 e. The van der Waals surface area contributed by atoms with Crippen LogP contribution in [0.3, 0.4) is 0 Å². The van der Waals surface area contributed by atoms with Gasteiger partial charge in [-0.25, -0.2) is 0 Å². The van der Waals surface area contributed by atoms with E-state index >= 15 is 0 Å². The first-order valence-electron chi connectivity index (χ1n) is 5.09. The van der Waals surface area contributed by atoms with Crippen LogP contribution in [-0.2, 0) is 4.79 Å². The van der Waals surface area contributed by atoms with Crippen LogP contribution in [0.4, 0.5) is 0 Å². The van der Waals surface area contributed by atoms with Crippen LogP contribution in [0.2, 0.25) is 0 Å². The van der Waals surface area contributed by atoms with Gasteiger partial charge in [0, 0.05) is 7.05 Å². The van der Waals surface area contributed by atoms with Gasteiger partial charge < -0.3 is 10.2 Å². The highest BCUT2D eigenvalue weighted by atomic mass is 16.2. The average Bonchev–Trinajstić information content (AvgIpc) is 2.14. The highest BCUT2D eigenvalue weighted by Gasteiger charge is 2.33. The Morgan fingerprint density at radius 1 is 1.47 bits per heavy atom. The number of nitrogens with zero attached hydrogens (tertiary/aromatic N) is 2. The monoisotopic (exact) mass is 211 g/mol. The molecule has 0 bridgehead atoms. The van der Waals surface area contributed by atoms with E-state index in [4.69, 9.17) is 5.26 Å². The molecular formula is C11H21N3O. The fourth-order valence-corrected chi connectivity index (χ4v) is 1.41. The number of rotatable bonds is 3. The normalized spacial score (nSPS) is 15.3. The lowest BCUT2D eigenvalue weighted by Gasteiger charge is -2.33. The van der Waals surface area contributed by atoms with Crippen molar-refractivity contribution in [2.45, 2.75) is 39.8 Å². The van der Waals surface area contributed by atoms with Crippen molar-refractivity contribution in [3.63, 3.8) is 0 Å². The standard InChI is InChI=1S/C11H21N3O/c1-8(7-12)14(6)10(15)9(13-5)11(2,3)4/h8-9,13H,1-6H3/t8?,9-/m1/s1. The molecule has 0 saturated heterocycles. The fraction of sp³-hybridized carbons (Fsp3) is 0.818. The van der Waals surface area contributed by atoms with E-state index in [-0.39, 0.29) is 17.4 Å². The number of hydrogen-bond acceptors (Lipinski definition) is 3. The maximum absolute atomic E-state index is 12.0. The van der Waals surface area contributed by atoms with Crippen LogP contribution < -0.4 is 5.32 Å². The summed E-state index contributed by atoms with van der Waals surface area (Å²) in [6, 6.07) is 1.39. The molecule has 0 saturated carbocycles. The minimum Gasteiger partial charge on any atom is -0.329 e. The lowest BCUT2D eigenvalue weighted by molar-refractivity contribution is -0.135. The summed E-state index contributed by atoms with van der Waals surface area (Å²) in [5, 5.41) is 11.7. The van der Waals surface area contributed by atoms with Gasteiger partial charge in [0.2, 0.25) is 5.91 Å². The summed E-state index contributed by atoms with van der Waals surface area (Å²) >= 11 is 0. The Morgan fingerprint density at radius 2 is 1.93 bits per heavy atom. The second kappa shape index (κ2) is 5.13. The van der Waals surface area contributed by atoms with E-state index in [0.717, 1.165) is 0 Å². The average molecular weight is 211 g/mol. The molecule has 4 heteroatoms. The van der Waals surface area contributed by atoms with E-state index in [9.17, 15) is 4.79 Å². The lowest BCUT2D eigenvalue weighted by Crippen LogP contribution is -2.52. The molecule has 0 fully saturated rings. The second-order valence-electron chi connectivity index (χ2n) is 4.84. The maximum atomic E-state index is 12.0. The molecule has 0 aliphatic heterocycles. The number of carbonyl (C=O) groups is 1. The number of likely N-dealkylation sites (N-methyl/N-ethyl adjacent to an activating group) is 2. The van der Waals surface area contributed by atoms with Gasteiger partial charge in [-0.3, -0.25) is 4.79 Å². The summed E-state index contributed by atoms with van der Waals surface area (Å²) in [5.41, 5.74) is -0.157. The summed E-state index contributed by atoms with van der Waals surface area (Å²) in [4.78, 5) is 13.5. The number of nitrogens with one attached hydrogen (secondary N) is 1. The lowest BCUT2D eigenvalue weighted by atomic mass is 9.86. The Hall–Kier alpha value is -1.08. The molecule has 0 radical (unpaired) electrons. The molecule has 0 spiro atoms. The Labute approximate surface area is 92.3 Å². The number of hydrogen-bond donors (Lipinski definition) is 1. The molecule has 0 aliphatic rings. The van der Waals surface area contributed by atoms with Crippen molar-refractivity contribution in [2.24, 2.45) is 5.41 Å². The molecule has 0 rings (SSSR count). The van der Waals surface area contributed by atoms with E-state index in [1.165, 1.54) is 4.90 Å². The summed E-state index contributed by atoms with van der Waals surface area (Å²) in [5.74, 6) is -0.0425. The highest BCUT2D eigenvalue weighted by Crippen LogP contribution is 2.20. The largest absolute Gasteiger partial charge is 0.329 e. The zero-order valence-corrected chi connectivity index (χ0v) is 10.5. The number of carbonyl (C=O) groups excluding carboxylic acids is 1. The van der Waals surface area contributed by atoms with E-state index in [1.807, 2.05) is 20.8 Å². The van der Waals surface area contributed by atoms with Gasteiger partial charge in [0.05, 0.1) is 12.1 Å². The van der Waals surface area contributed by atoms with Crippen molar-refractivity contribution in [1.82, 2.24) is 10.2 Å². The number of nitriles is 1. The molecule has 1 N–H and O–H groups in total. The van der Waals surface area contributed by atoms with Crippen molar-refractivity contribution >= 4 is 5.91 Å². The molecule has 4 nitrogen and oxygen atoms in total. The van der Waals surface area contributed by atoms with Gasteiger partial charge in [-0.05, 0) is 19.4 Å². The van der Waals surface area contributed by atoms with Crippen LogP contribution in [0.15, 0.2) is 0 Å². The first-order valence-corrected chi connectivity index (χ1v) is 5.09.